The predicted molar refractivity (Wildman–Crippen MR) is 89.4 cm³/mol. The monoisotopic (exact) mass is 328 g/mol. The Bertz CT molecular complexity index is 629. The fourth-order valence-electron chi connectivity index (χ4n) is 3.49. The van der Waals surface area contributed by atoms with Gasteiger partial charge in [0.25, 0.3) is 0 Å². The standard InChI is InChI=1S/C18H24N4O2/c1-12-9-22(10-13-3-2-6-19-8-13)11-16(12)20-18(23)15-7-17(24-21-15)14-4-5-14/h2-3,6-8,12,14-16,21H,4-5,9-11H2,1H3,(H,20,23). The predicted octanol–water partition coefficient (Wildman–Crippen LogP) is 1.22. The zero-order valence-electron chi connectivity index (χ0n) is 13.9. The van der Waals surface area contributed by atoms with Crippen LogP contribution in [0.5, 0.6) is 0 Å². The lowest BCUT2D eigenvalue weighted by atomic mass is 10.1. The van der Waals surface area contributed by atoms with E-state index in [1.807, 2.05) is 18.3 Å². The maximum absolute atomic E-state index is 12.5. The van der Waals surface area contributed by atoms with E-state index >= 15 is 0 Å². The lowest BCUT2D eigenvalue weighted by Crippen LogP contribution is -2.47. The highest BCUT2D eigenvalue weighted by molar-refractivity contribution is 5.84. The smallest absolute Gasteiger partial charge is 0.244 e. The molecule has 1 saturated carbocycles. The van der Waals surface area contributed by atoms with E-state index in [0.29, 0.717) is 11.8 Å². The maximum Gasteiger partial charge on any atom is 0.244 e. The molecule has 1 saturated heterocycles. The van der Waals surface area contributed by atoms with Crippen molar-refractivity contribution in [3.05, 3.63) is 41.9 Å². The van der Waals surface area contributed by atoms with Crippen molar-refractivity contribution >= 4 is 5.91 Å². The summed E-state index contributed by atoms with van der Waals surface area (Å²) in [6, 6.07) is 3.87. The summed E-state index contributed by atoms with van der Waals surface area (Å²) >= 11 is 0. The fraction of sp³-hybridized carbons (Fsp3) is 0.556. The Labute approximate surface area is 142 Å². The Kier molecular flexibility index (Phi) is 4.24. The first-order valence-electron chi connectivity index (χ1n) is 8.75. The van der Waals surface area contributed by atoms with Crippen molar-refractivity contribution in [1.29, 1.82) is 0 Å². The minimum atomic E-state index is -0.361. The van der Waals surface area contributed by atoms with Gasteiger partial charge >= 0.3 is 0 Å². The van der Waals surface area contributed by atoms with E-state index in [1.165, 1.54) is 18.4 Å². The van der Waals surface area contributed by atoms with Crippen molar-refractivity contribution in [1.82, 2.24) is 20.7 Å². The zero-order chi connectivity index (χ0) is 16.5. The van der Waals surface area contributed by atoms with Gasteiger partial charge in [-0.2, -0.15) is 0 Å². The highest BCUT2D eigenvalue weighted by atomic mass is 16.7. The minimum Gasteiger partial charge on any atom is -0.412 e. The molecule has 0 bridgehead atoms. The normalized spacial score (nSPS) is 30.0. The zero-order valence-corrected chi connectivity index (χ0v) is 13.9. The summed E-state index contributed by atoms with van der Waals surface area (Å²) < 4.78 is 0. The first kappa shape index (κ1) is 15.6. The summed E-state index contributed by atoms with van der Waals surface area (Å²) in [4.78, 5) is 24.4. The first-order valence-corrected chi connectivity index (χ1v) is 8.75. The Morgan fingerprint density at radius 3 is 3.08 bits per heavy atom. The fourth-order valence-corrected chi connectivity index (χ4v) is 3.49. The molecule has 1 aromatic heterocycles. The highest BCUT2D eigenvalue weighted by Crippen LogP contribution is 2.38. The lowest BCUT2D eigenvalue weighted by Gasteiger charge is -2.18. The topological polar surface area (TPSA) is 66.5 Å². The van der Waals surface area contributed by atoms with Crippen LogP contribution in [0.2, 0.25) is 0 Å². The van der Waals surface area contributed by atoms with Crippen molar-refractivity contribution in [2.75, 3.05) is 13.1 Å². The van der Waals surface area contributed by atoms with Crippen LogP contribution in [0.15, 0.2) is 36.4 Å². The van der Waals surface area contributed by atoms with Crippen LogP contribution in [0.25, 0.3) is 0 Å². The SMILES string of the molecule is CC1CN(Cc2cccnc2)CC1NC(=O)C1C=C(C2CC2)ON1. The van der Waals surface area contributed by atoms with Crippen molar-refractivity contribution in [2.45, 2.75) is 38.4 Å². The lowest BCUT2D eigenvalue weighted by molar-refractivity contribution is -0.124. The van der Waals surface area contributed by atoms with E-state index in [1.54, 1.807) is 6.20 Å². The molecule has 4 rings (SSSR count). The number of pyridine rings is 1. The summed E-state index contributed by atoms with van der Waals surface area (Å²) in [5.74, 6) is 1.90. The van der Waals surface area contributed by atoms with Gasteiger partial charge in [0.05, 0.1) is 0 Å². The van der Waals surface area contributed by atoms with E-state index in [-0.39, 0.29) is 18.0 Å². The molecule has 6 heteroatoms. The molecule has 6 nitrogen and oxygen atoms in total. The number of hydroxylamine groups is 1. The second-order valence-corrected chi connectivity index (χ2v) is 7.19. The minimum absolute atomic E-state index is 0.00530. The van der Waals surface area contributed by atoms with E-state index in [0.717, 1.165) is 25.4 Å². The third kappa shape index (κ3) is 3.44. The Morgan fingerprint density at radius 1 is 1.46 bits per heavy atom. The summed E-state index contributed by atoms with van der Waals surface area (Å²) in [6.45, 7) is 4.92. The third-order valence-corrected chi connectivity index (χ3v) is 5.04. The number of rotatable bonds is 5. The average Bonchev–Trinajstić information content (AvgIpc) is 3.21. The van der Waals surface area contributed by atoms with Crippen LogP contribution < -0.4 is 10.8 Å². The molecule has 2 fully saturated rings. The number of carbonyl (C=O) groups is 1. The largest absolute Gasteiger partial charge is 0.412 e. The van der Waals surface area contributed by atoms with Gasteiger partial charge < -0.3 is 10.2 Å². The van der Waals surface area contributed by atoms with Crippen LogP contribution in [-0.2, 0) is 16.2 Å². The summed E-state index contributed by atoms with van der Waals surface area (Å²) in [6.07, 6.45) is 7.97. The molecule has 3 unspecified atom stereocenters. The molecule has 24 heavy (non-hydrogen) atoms. The number of carbonyl (C=O) groups excluding carboxylic acids is 1. The molecule has 0 aromatic carbocycles. The summed E-state index contributed by atoms with van der Waals surface area (Å²) in [5.41, 5.74) is 4.05. The van der Waals surface area contributed by atoms with E-state index in [2.05, 4.69) is 33.7 Å². The molecule has 3 aliphatic rings. The van der Waals surface area contributed by atoms with Crippen LogP contribution in [-0.4, -0.2) is 41.0 Å². The van der Waals surface area contributed by atoms with E-state index in [9.17, 15) is 4.79 Å². The highest BCUT2D eigenvalue weighted by Gasteiger charge is 2.36. The number of hydrogen-bond acceptors (Lipinski definition) is 5. The van der Waals surface area contributed by atoms with Crippen LogP contribution in [0.4, 0.5) is 0 Å². The molecule has 3 atom stereocenters. The van der Waals surface area contributed by atoms with Gasteiger partial charge in [0, 0.05) is 44.0 Å². The Morgan fingerprint density at radius 2 is 2.33 bits per heavy atom. The van der Waals surface area contributed by atoms with Crippen LogP contribution in [0.1, 0.15) is 25.3 Å². The molecule has 2 aliphatic heterocycles. The molecular weight excluding hydrogens is 304 g/mol. The third-order valence-electron chi connectivity index (χ3n) is 5.04. The molecule has 128 valence electrons. The van der Waals surface area contributed by atoms with Crippen LogP contribution in [0, 0.1) is 11.8 Å². The van der Waals surface area contributed by atoms with Gasteiger partial charge in [-0.3, -0.25) is 14.7 Å². The van der Waals surface area contributed by atoms with Crippen molar-refractivity contribution in [2.24, 2.45) is 11.8 Å². The molecule has 3 heterocycles. The van der Waals surface area contributed by atoms with Gasteiger partial charge in [0.15, 0.2) is 0 Å². The number of allylic oxidation sites excluding steroid dienone is 1. The average molecular weight is 328 g/mol. The number of amides is 1. The molecular formula is C18H24N4O2. The van der Waals surface area contributed by atoms with Gasteiger partial charge in [-0.25, -0.2) is 0 Å². The number of likely N-dealkylation sites (tertiary alicyclic amines) is 1. The van der Waals surface area contributed by atoms with Crippen LogP contribution >= 0.6 is 0 Å². The van der Waals surface area contributed by atoms with Crippen molar-refractivity contribution < 1.29 is 9.63 Å². The first-order chi connectivity index (χ1) is 11.7. The van der Waals surface area contributed by atoms with E-state index in [4.69, 9.17) is 4.84 Å². The Hall–Kier alpha value is -1.92. The van der Waals surface area contributed by atoms with Gasteiger partial charge in [-0.1, -0.05) is 13.0 Å². The quantitative estimate of drug-likeness (QED) is 0.851. The molecule has 1 amide bonds. The molecule has 0 spiro atoms. The van der Waals surface area contributed by atoms with Gasteiger partial charge in [0.1, 0.15) is 11.8 Å². The van der Waals surface area contributed by atoms with Crippen LogP contribution in [0.3, 0.4) is 0 Å². The summed E-state index contributed by atoms with van der Waals surface area (Å²) in [7, 11) is 0. The second kappa shape index (κ2) is 6.53. The molecule has 1 aliphatic carbocycles. The number of nitrogens with one attached hydrogen (secondary N) is 2. The maximum atomic E-state index is 12.5. The van der Waals surface area contributed by atoms with Crippen molar-refractivity contribution in [3.63, 3.8) is 0 Å². The van der Waals surface area contributed by atoms with Gasteiger partial charge in [-0.05, 0) is 36.5 Å². The van der Waals surface area contributed by atoms with Crippen molar-refractivity contribution in [3.8, 4) is 0 Å². The number of aromatic nitrogens is 1. The van der Waals surface area contributed by atoms with E-state index < -0.39 is 0 Å². The molecule has 2 N–H and O–H groups in total. The van der Waals surface area contributed by atoms with Gasteiger partial charge in [0.2, 0.25) is 5.91 Å². The summed E-state index contributed by atoms with van der Waals surface area (Å²) in [5, 5.41) is 3.18. The molecule has 1 aromatic rings. The second-order valence-electron chi connectivity index (χ2n) is 7.19. The van der Waals surface area contributed by atoms with Gasteiger partial charge in [-0.15, -0.1) is 5.48 Å². The Balaban J connectivity index is 1.31. The molecule has 0 radical (unpaired) electrons. The number of nitrogens with zero attached hydrogens (tertiary/aromatic N) is 2. The number of hydrogen-bond donors (Lipinski definition) is 2.